The predicted octanol–water partition coefficient (Wildman–Crippen LogP) is 4.89. The SMILES string of the molecule is CCn1ncc(/C=C2/C[C@H]3[C@@H]4CC=C5C[C@H](O)CC[C@]5(C)[C@H]4CC[C@]3(C)[C@H]2O)c1C. The van der Waals surface area contributed by atoms with Crippen LogP contribution in [-0.2, 0) is 6.54 Å². The molecule has 3 fully saturated rings. The third kappa shape index (κ3) is 2.82. The Morgan fingerprint density at radius 2 is 1.97 bits per heavy atom. The predicted molar refractivity (Wildman–Crippen MR) is 120 cm³/mol. The van der Waals surface area contributed by atoms with Gasteiger partial charge in [-0.05, 0) is 93.6 Å². The lowest BCUT2D eigenvalue weighted by Gasteiger charge is -2.57. The third-order valence-corrected chi connectivity index (χ3v) is 9.73. The number of aromatic nitrogens is 2. The molecule has 0 spiro atoms. The maximum absolute atomic E-state index is 11.4. The number of aryl methyl sites for hydroxylation is 1. The molecule has 1 heterocycles. The van der Waals surface area contributed by atoms with E-state index in [2.05, 4.69) is 44.9 Å². The molecular formula is C26H38N2O2. The van der Waals surface area contributed by atoms with Gasteiger partial charge < -0.3 is 10.2 Å². The first kappa shape index (κ1) is 20.5. The van der Waals surface area contributed by atoms with E-state index in [-0.39, 0.29) is 23.0 Å². The van der Waals surface area contributed by atoms with Gasteiger partial charge in [0.15, 0.2) is 0 Å². The molecule has 0 aliphatic heterocycles. The lowest BCUT2D eigenvalue weighted by molar-refractivity contribution is -0.0685. The minimum Gasteiger partial charge on any atom is -0.393 e. The number of fused-ring (bicyclic) bond motifs is 5. The highest BCUT2D eigenvalue weighted by Gasteiger charge is 2.59. The van der Waals surface area contributed by atoms with Crippen molar-refractivity contribution in [1.82, 2.24) is 9.78 Å². The highest BCUT2D eigenvalue weighted by Crippen LogP contribution is 2.65. The normalized spacial score (nSPS) is 44.4. The quantitative estimate of drug-likeness (QED) is 0.683. The van der Waals surface area contributed by atoms with Crippen LogP contribution in [0.3, 0.4) is 0 Å². The molecule has 4 nitrogen and oxygen atoms in total. The first-order valence-corrected chi connectivity index (χ1v) is 12.1. The van der Waals surface area contributed by atoms with Gasteiger partial charge in [-0.3, -0.25) is 4.68 Å². The molecule has 1 aromatic heterocycles. The summed E-state index contributed by atoms with van der Waals surface area (Å²) in [5.74, 6) is 1.88. The zero-order valence-corrected chi connectivity index (χ0v) is 19.1. The Bertz CT molecular complexity index is 899. The smallest absolute Gasteiger partial charge is 0.0809 e. The molecular weight excluding hydrogens is 372 g/mol. The van der Waals surface area contributed by atoms with Crippen LogP contribution >= 0.6 is 0 Å². The zero-order chi connectivity index (χ0) is 21.3. The fourth-order valence-corrected chi connectivity index (χ4v) is 7.76. The fraction of sp³-hybridized carbons (Fsp3) is 0.731. The topological polar surface area (TPSA) is 58.3 Å². The van der Waals surface area contributed by atoms with E-state index in [1.165, 1.54) is 23.3 Å². The van der Waals surface area contributed by atoms with Gasteiger partial charge in [0.2, 0.25) is 0 Å². The number of hydrogen-bond acceptors (Lipinski definition) is 3. The van der Waals surface area contributed by atoms with Crippen LogP contribution in [0, 0.1) is 35.5 Å². The minimum atomic E-state index is -0.348. The van der Waals surface area contributed by atoms with Crippen molar-refractivity contribution in [2.24, 2.45) is 28.6 Å². The molecule has 164 valence electrons. The van der Waals surface area contributed by atoms with Gasteiger partial charge in [0, 0.05) is 23.2 Å². The number of aliphatic hydroxyl groups excluding tert-OH is 2. The van der Waals surface area contributed by atoms with E-state index in [0.717, 1.165) is 50.6 Å². The van der Waals surface area contributed by atoms with Gasteiger partial charge in [0.1, 0.15) is 0 Å². The van der Waals surface area contributed by atoms with Gasteiger partial charge in [0.25, 0.3) is 0 Å². The second-order valence-electron chi connectivity index (χ2n) is 11.0. The highest BCUT2D eigenvalue weighted by molar-refractivity contribution is 5.57. The van der Waals surface area contributed by atoms with Crippen molar-refractivity contribution in [3.05, 3.63) is 34.7 Å². The second kappa shape index (κ2) is 7.06. The number of nitrogens with zero attached hydrogens (tertiary/aromatic N) is 2. The first-order valence-electron chi connectivity index (χ1n) is 12.1. The van der Waals surface area contributed by atoms with Crippen molar-refractivity contribution in [2.75, 3.05) is 0 Å². The lowest BCUT2D eigenvalue weighted by Crippen LogP contribution is -2.51. The van der Waals surface area contributed by atoms with Gasteiger partial charge in [-0.2, -0.15) is 5.10 Å². The van der Waals surface area contributed by atoms with Gasteiger partial charge in [-0.25, -0.2) is 0 Å². The molecule has 5 rings (SSSR count). The molecule has 4 aliphatic carbocycles. The average molecular weight is 411 g/mol. The Balaban J connectivity index is 1.47. The molecule has 30 heavy (non-hydrogen) atoms. The maximum atomic E-state index is 11.4. The number of hydrogen-bond donors (Lipinski definition) is 2. The Hall–Kier alpha value is -1.39. The molecule has 2 N–H and O–H groups in total. The fourth-order valence-electron chi connectivity index (χ4n) is 7.76. The molecule has 0 saturated heterocycles. The maximum Gasteiger partial charge on any atom is 0.0809 e. The van der Waals surface area contributed by atoms with E-state index in [1.54, 1.807) is 0 Å². The van der Waals surface area contributed by atoms with Gasteiger partial charge in [0.05, 0.1) is 18.4 Å². The Kier molecular flexibility index (Phi) is 4.83. The largest absolute Gasteiger partial charge is 0.393 e. The number of allylic oxidation sites excluding steroid dienone is 1. The summed E-state index contributed by atoms with van der Waals surface area (Å²) in [6, 6.07) is 0. The number of rotatable bonds is 2. The molecule has 0 unspecified atom stereocenters. The molecule has 0 radical (unpaired) electrons. The summed E-state index contributed by atoms with van der Waals surface area (Å²) in [6.45, 7) is 9.93. The molecule has 0 amide bonds. The van der Waals surface area contributed by atoms with Crippen molar-refractivity contribution in [3.63, 3.8) is 0 Å². The van der Waals surface area contributed by atoms with Crippen LogP contribution < -0.4 is 0 Å². The first-order chi connectivity index (χ1) is 14.3. The average Bonchev–Trinajstić information content (AvgIpc) is 3.20. The summed E-state index contributed by atoms with van der Waals surface area (Å²) in [7, 11) is 0. The van der Waals surface area contributed by atoms with Crippen molar-refractivity contribution < 1.29 is 10.2 Å². The summed E-state index contributed by atoms with van der Waals surface area (Å²) in [6.07, 6.45) is 13.5. The van der Waals surface area contributed by atoms with Gasteiger partial charge in [-0.1, -0.05) is 25.5 Å². The van der Waals surface area contributed by atoms with Crippen LogP contribution in [0.2, 0.25) is 0 Å². The van der Waals surface area contributed by atoms with Crippen molar-refractivity contribution >= 4 is 6.08 Å². The van der Waals surface area contributed by atoms with E-state index in [0.29, 0.717) is 17.8 Å². The van der Waals surface area contributed by atoms with Gasteiger partial charge >= 0.3 is 0 Å². The van der Waals surface area contributed by atoms with Crippen LogP contribution in [0.5, 0.6) is 0 Å². The van der Waals surface area contributed by atoms with Crippen LogP contribution in [0.25, 0.3) is 6.08 Å². The summed E-state index contributed by atoms with van der Waals surface area (Å²) in [4.78, 5) is 0. The molecule has 0 aromatic carbocycles. The zero-order valence-electron chi connectivity index (χ0n) is 19.1. The monoisotopic (exact) mass is 410 g/mol. The second-order valence-corrected chi connectivity index (χ2v) is 11.0. The highest BCUT2D eigenvalue weighted by atomic mass is 16.3. The van der Waals surface area contributed by atoms with Crippen molar-refractivity contribution in [2.45, 2.75) is 91.4 Å². The molecule has 4 heteroatoms. The summed E-state index contributed by atoms with van der Waals surface area (Å²) in [5.41, 5.74) is 5.30. The Morgan fingerprint density at radius 3 is 2.70 bits per heavy atom. The van der Waals surface area contributed by atoms with E-state index in [9.17, 15) is 10.2 Å². The van der Waals surface area contributed by atoms with E-state index in [4.69, 9.17) is 0 Å². The summed E-state index contributed by atoms with van der Waals surface area (Å²) >= 11 is 0. The molecule has 1 aromatic rings. The van der Waals surface area contributed by atoms with Crippen molar-refractivity contribution in [3.8, 4) is 0 Å². The lowest BCUT2D eigenvalue weighted by atomic mass is 9.48. The number of aliphatic hydroxyl groups is 2. The van der Waals surface area contributed by atoms with Crippen LogP contribution in [0.15, 0.2) is 23.4 Å². The van der Waals surface area contributed by atoms with E-state index >= 15 is 0 Å². The van der Waals surface area contributed by atoms with E-state index in [1.807, 2.05) is 10.9 Å². The van der Waals surface area contributed by atoms with Crippen LogP contribution in [-0.4, -0.2) is 32.2 Å². The molecule has 0 bridgehead atoms. The molecule has 3 saturated carbocycles. The molecule has 7 atom stereocenters. The van der Waals surface area contributed by atoms with Crippen LogP contribution in [0.4, 0.5) is 0 Å². The Labute approximate surface area is 181 Å². The third-order valence-electron chi connectivity index (χ3n) is 9.73. The molecule has 4 aliphatic rings. The Morgan fingerprint density at radius 1 is 1.17 bits per heavy atom. The standard InChI is InChI=1S/C26H38N2O2/c1-5-28-16(2)18(15-27-28)12-17-13-23-21-7-6-19-14-20(29)8-10-25(19,3)22(21)9-11-26(23,4)24(17)30/h6,12,15,20-24,29-30H,5,7-11,13-14H2,1-4H3/b17-12-/t20-,21-,22+,23+,24+,25+,26+/m1/s1. The van der Waals surface area contributed by atoms with Crippen molar-refractivity contribution in [1.29, 1.82) is 0 Å². The summed E-state index contributed by atoms with van der Waals surface area (Å²) in [5, 5.41) is 26.1. The van der Waals surface area contributed by atoms with Crippen LogP contribution in [0.1, 0.15) is 77.0 Å². The summed E-state index contributed by atoms with van der Waals surface area (Å²) < 4.78 is 2.03. The van der Waals surface area contributed by atoms with E-state index < -0.39 is 0 Å². The van der Waals surface area contributed by atoms with Gasteiger partial charge in [-0.15, -0.1) is 0 Å². The minimum absolute atomic E-state index is 0.0163.